The average molecular weight is 277 g/mol. The Morgan fingerprint density at radius 1 is 1.30 bits per heavy atom. The number of benzene rings is 1. The van der Waals surface area contributed by atoms with Crippen molar-refractivity contribution in [2.45, 2.75) is 26.0 Å². The number of hydrogen-bond acceptors (Lipinski definition) is 4. The van der Waals surface area contributed by atoms with Crippen LogP contribution in [0.2, 0.25) is 0 Å². The molecule has 0 bridgehead atoms. The number of rotatable bonds is 3. The van der Waals surface area contributed by atoms with E-state index in [9.17, 15) is 9.59 Å². The lowest BCUT2D eigenvalue weighted by atomic mass is 10.1. The molecule has 1 aliphatic rings. The molecule has 1 fully saturated rings. The first-order valence-corrected chi connectivity index (χ1v) is 6.67. The van der Waals surface area contributed by atoms with Gasteiger partial charge >= 0.3 is 12.1 Å². The molecule has 5 nitrogen and oxygen atoms in total. The number of methoxy groups -OCH3 is 1. The SMILES string of the molecule is COC(=O)[C@@H]1C[C@@H](C)CN1C(=O)OCc1ccccc1. The summed E-state index contributed by atoms with van der Waals surface area (Å²) in [6.07, 6.45) is 0.154. The first kappa shape index (κ1) is 14.4. The predicted molar refractivity (Wildman–Crippen MR) is 72.9 cm³/mol. The summed E-state index contributed by atoms with van der Waals surface area (Å²) < 4.78 is 10.0. The normalized spacial score (nSPS) is 21.6. The Hall–Kier alpha value is -2.04. The third-order valence-corrected chi connectivity index (χ3v) is 3.42. The largest absolute Gasteiger partial charge is 0.467 e. The third-order valence-electron chi connectivity index (χ3n) is 3.42. The van der Waals surface area contributed by atoms with Gasteiger partial charge in [0.2, 0.25) is 0 Å². The molecule has 1 aromatic rings. The van der Waals surface area contributed by atoms with Crippen molar-refractivity contribution in [3.63, 3.8) is 0 Å². The number of amides is 1. The van der Waals surface area contributed by atoms with Gasteiger partial charge in [0.15, 0.2) is 0 Å². The second-order valence-corrected chi connectivity index (χ2v) is 5.07. The molecule has 0 N–H and O–H groups in total. The van der Waals surface area contributed by atoms with Gasteiger partial charge in [-0.1, -0.05) is 37.3 Å². The molecule has 1 aliphatic heterocycles. The number of ether oxygens (including phenoxy) is 2. The Bertz CT molecular complexity index is 474. The maximum absolute atomic E-state index is 12.1. The summed E-state index contributed by atoms with van der Waals surface area (Å²) in [6.45, 7) is 2.73. The van der Waals surface area contributed by atoms with Crippen LogP contribution in [0.25, 0.3) is 0 Å². The summed E-state index contributed by atoms with van der Waals surface area (Å²) in [4.78, 5) is 25.2. The third kappa shape index (κ3) is 3.29. The molecular weight excluding hydrogens is 258 g/mol. The zero-order valence-electron chi connectivity index (χ0n) is 11.7. The summed E-state index contributed by atoms with van der Waals surface area (Å²) in [7, 11) is 1.33. The first-order chi connectivity index (χ1) is 9.61. The summed E-state index contributed by atoms with van der Waals surface area (Å²) in [6, 6.07) is 8.92. The molecule has 5 heteroatoms. The smallest absolute Gasteiger partial charge is 0.410 e. The van der Waals surface area contributed by atoms with Crippen molar-refractivity contribution in [2.24, 2.45) is 5.92 Å². The Balaban J connectivity index is 1.95. The Morgan fingerprint density at radius 2 is 2.00 bits per heavy atom. The lowest BCUT2D eigenvalue weighted by Crippen LogP contribution is -2.41. The van der Waals surface area contributed by atoms with Crippen molar-refractivity contribution < 1.29 is 19.1 Å². The van der Waals surface area contributed by atoms with Crippen molar-refractivity contribution in [1.29, 1.82) is 0 Å². The lowest BCUT2D eigenvalue weighted by Gasteiger charge is -2.21. The summed E-state index contributed by atoms with van der Waals surface area (Å²) >= 11 is 0. The van der Waals surface area contributed by atoms with Crippen LogP contribution in [0.3, 0.4) is 0 Å². The van der Waals surface area contributed by atoms with Gasteiger partial charge in [0.25, 0.3) is 0 Å². The monoisotopic (exact) mass is 277 g/mol. The van der Waals surface area contributed by atoms with Gasteiger partial charge in [-0.05, 0) is 17.9 Å². The maximum Gasteiger partial charge on any atom is 0.410 e. The molecule has 2 rings (SSSR count). The Kier molecular flexibility index (Phi) is 4.61. The molecular formula is C15H19NO4. The van der Waals surface area contributed by atoms with E-state index in [-0.39, 0.29) is 18.5 Å². The molecule has 0 spiro atoms. The van der Waals surface area contributed by atoms with Crippen LogP contribution in [0, 0.1) is 5.92 Å². The topological polar surface area (TPSA) is 55.8 Å². The molecule has 0 aliphatic carbocycles. The van der Waals surface area contributed by atoms with E-state index >= 15 is 0 Å². The standard InChI is InChI=1S/C15H19NO4/c1-11-8-13(14(17)19-2)16(9-11)15(18)20-10-12-6-4-3-5-7-12/h3-7,11,13H,8-10H2,1-2H3/t11-,13+/m1/s1. The average Bonchev–Trinajstić information content (AvgIpc) is 2.87. The number of carbonyl (C=O) groups is 2. The summed E-state index contributed by atoms with van der Waals surface area (Å²) in [5, 5.41) is 0. The molecule has 1 heterocycles. The van der Waals surface area contributed by atoms with Crippen LogP contribution in [-0.2, 0) is 20.9 Å². The highest BCUT2D eigenvalue weighted by molar-refractivity contribution is 5.82. The van der Waals surface area contributed by atoms with Crippen molar-refractivity contribution in [3.8, 4) is 0 Å². The predicted octanol–water partition coefficient (Wildman–Crippen LogP) is 2.21. The van der Waals surface area contributed by atoms with Crippen LogP contribution in [0.5, 0.6) is 0 Å². The van der Waals surface area contributed by atoms with Crippen molar-refractivity contribution in [1.82, 2.24) is 4.90 Å². The summed E-state index contributed by atoms with van der Waals surface area (Å²) in [5.74, 6) is -0.116. The van der Waals surface area contributed by atoms with Crippen molar-refractivity contribution >= 4 is 12.1 Å². The zero-order valence-corrected chi connectivity index (χ0v) is 11.7. The maximum atomic E-state index is 12.1. The van der Waals surface area contributed by atoms with Crippen LogP contribution in [0.1, 0.15) is 18.9 Å². The van der Waals surface area contributed by atoms with Crippen LogP contribution in [-0.4, -0.2) is 36.7 Å². The fourth-order valence-corrected chi connectivity index (χ4v) is 2.41. The highest BCUT2D eigenvalue weighted by atomic mass is 16.6. The number of hydrogen-bond donors (Lipinski definition) is 0. The van der Waals surface area contributed by atoms with Gasteiger partial charge < -0.3 is 9.47 Å². The Labute approximate surface area is 118 Å². The molecule has 2 atom stereocenters. The Morgan fingerprint density at radius 3 is 2.65 bits per heavy atom. The minimum absolute atomic E-state index is 0.207. The minimum Gasteiger partial charge on any atom is -0.467 e. The van der Waals surface area contributed by atoms with E-state index in [0.29, 0.717) is 13.0 Å². The number of carbonyl (C=O) groups excluding carboxylic acids is 2. The van der Waals surface area contributed by atoms with Gasteiger partial charge in [0, 0.05) is 6.54 Å². The van der Waals surface area contributed by atoms with Crippen LogP contribution < -0.4 is 0 Å². The van der Waals surface area contributed by atoms with E-state index in [0.717, 1.165) is 5.56 Å². The molecule has 0 radical (unpaired) electrons. The summed E-state index contributed by atoms with van der Waals surface area (Å²) in [5.41, 5.74) is 0.919. The quantitative estimate of drug-likeness (QED) is 0.795. The lowest BCUT2D eigenvalue weighted by molar-refractivity contribution is -0.145. The molecule has 0 saturated carbocycles. The van der Waals surface area contributed by atoms with Crippen molar-refractivity contribution in [3.05, 3.63) is 35.9 Å². The van der Waals surface area contributed by atoms with Gasteiger partial charge in [-0.25, -0.2) is 9.59 Å². The van der Waals surface area contributed by atoms with Gasteiger partial charge in [0.1, 0.15) is 12.6 Å². The molecule has 1 saturated heterocycles. The second-order valence-electron chi connectivity index (χ2n) is 5.07. The van der Waals surface area contributed by atoms with E-state index < -0.39 is 12.1 Å². The van der Waals surface area contributed by atoms with Gasteiger partial charge in [0.05, 0.1) is 7.11 Å². The zero-order chi connectivity index (χ0) is 14.5. The number of esters is 1. The van der Waals surface area contributed by atoms with Crippen LogP contribution in [0.4, 0.5) is 4.79 Å². The second kappa shape index (κ2) is 6.41. The fourth-order valence-electron chi connectivity index (χ4n) is 2.41. The van der Waals surface area contributed by atoms with Crippen molar-refractivity contribution in [2.75, 3.05) is 13.7 Å². The fraction of sp³-hybridized carbons (Fsp3) is 0.467. The molecule has 20 heavy (non-hydrogen) atoms. The van der Waals surface area contributed by atoms with Gasteiger partial charge in [-0.15, -0.1) is 0 Å². The first-order valence-electron chi connectivity index (χ1n) is 6.67. The van der Waals surface area contributed by atoms with E-state index in [2.05, 4.69) is 0 Å². The van der Waals surface area contributed by atoms with Gasteiger partial charge in [-0.3, -0.25) is 4.90 Å². The molecule has 1 aromatic carbocycles. The van der Waals surface area contributed by atoms with E-state index in [4.69, 9.17) is 9.47 Å². The molecule has 0 aromatic heterocycles. The minimum atomic E-state index is -0.529. The number of likely N-dealkylation sites (tertiary alicyclic amines) is 1. The van der Waals surface area contributed by atoms with E-state index in [1.165, 1.54) is 12.0 Å². The molecule has 0 unspecified atom stereocenters. The highest BCUT2D eigenvalue weighted by Gasteiger charge is 2.39. The number of nitrogens with zero attached hydrogens (tertiary/aromatic N) is 1. The van der Waals surface area contributed by atoms with E-state index in [1.807, 2.05) is 37.3 Å². The molecule has 1 amide bonds. The van der Waals surface area contributed by atoms with Gasteiger partial charge in [-0.2, -0.15) is 0 Å². The van der Waals surface area contributed by atoms with E-state index in [1.54, 1.807) is 0 Å². The van der Waals surface area contributed by atoms with Crippen LogP contribution >= 0.6 is 0 Å². The highest BCUT2D eigenvalue weighted by Crippen LogP contribution is 2.24. The van der Waals surface area contributed by atoms with Crippen LogP contribution in [0.15, 0.2) is 30.3 Å². The molecule has 108 valence electrons.